The molecule has 0 fully saturated rings. The Balaban J connectivity index is 2.55. The minimum absolute atomic E-state index is 0.0464. The van der Waals surface area contributed by atoms with Gasteiger partial charge in [-0.3, -0.25) is 4.79 Å². The highest BCUT2D eigenvalue weighted by atomic mass is 32.2. The number of nitrogens with zero attached hydrogens (tertiary/aromatic N) is 3. The summed E-state index contributed by atoms with van der Waals surface area (Å²) in [5.41, 5.74) is 2.17. The molecule has 108 valence electrons. The van der Waals surface area contributed by atoms with E-state index >= 15 is 0 Å². The molecule has 0 bridgehead atoms. The fourth-order valence-electron chi connectivity index (χ4n) is 2.14. The number of allylic oxidation sites excluding steroid dienone is 1. The monoisotopic (exact) mass is 301 g/mol. The number of imidazole rings is 1. The lowest BCUT2D eigenvalue weighted by Gasteiger charge is -2.15. The average Bonchev–Trinajstić information content (AvgIpc) is 2.82. The summed E-state index contributed by atoms with van der Waals surface area (Å²) in [5, 5.41) is 18.5. The highest BCUT2D eigenvalue weighted by Gasteiger charge is 2.17. The molecule has 0 aliphatic heterocycles. The number of rotatable bonds is 6. The predicted octanol–water partition coefficient (Wildman–Crippen LogP) is 3.22. The number of aliphatic carboxylic acids is 1. The number of thioether (sulfide) groups is 1. The predicted molar refractivity (Wildman–Crippen MR) is 82.3 cm³/mol. The Bertz CT molecular complexity index is 730. The van der Waals surface area contributed by atoms with E-state index in [0.717, 1.165) is 17.5 Å². The number of fused-ring (bicyclic) bond motifs is 1. The van der Waals surface area contributed by atoms with Crippen LogP contribution < -0.4 is 0 Å². The van der Waals surface area contributed by atoms with Gasteiger partial charge in [0, 0.05) is 6.04 Å². The maximum Gasteiger partial charge on any atom is 0.313 e. The standard InChI is InChI=1S/C15H15N3O2S/c1-3-4-10(2)18-13-7-11(8-16)5-6-12(13)17-15(18)21-9-14(19)20/h3,5-7,10H,1,4,9H2,2H3,(H,19,20). The third kappa shape index (κ3) is 3.26. The molecule has 6 heteroatoms. The van der Waals surface area contributed by atoms with Gasteiger partial charge in [0.2, 0.25) is 0 Å². The van der Waals surface area contributed by atoms with Gasteiger partial charge in [0.15, 0.2) is 5.16 Å². The third-order valence-corrected chi connectivity index (χ3v) is 4.00. The second-order valence-corrected chi connectivity index (χ2v) is 5.58. The Labute approximate surface area is 126 Å². The van der Waals surface area contributed by atoms with Crippen molar-refractivity contribution in [1.82, 2.24) is 9.55 Å². The van der Waals surface area contributed by atoms with Crippen molar-refractivity contribution in [3.63, 3.8) is 0 Å². The summed E-state index contributed by atoms with van der Waals surface area (Å²) >= 11 is 1.18. The van der Waals surface area contributed by atoms with E-state index in [1.165, 1.54) is 11.8 Å². The minimum Gasteiger partial charge on any atom is -0.481 e. The minimum atomic E-state index is -0.882. The third-order valence-electron chi connectivity index (χ3n) is 3.06. The van der Waals surface area contributed by atoms with Crippen LogP contribution in [-0.2, 0) is 4.79 Å². The summed E-state index contributed by atoms with van der Waals surface area (Å²) in [5.74, 6) is -0.928. The van der Waals surface area contributed by atoms with Crippen LogP contribution in [0.15, 0.2) is 36.0 Å². The van der Waals surface area contributed by atoms with Gasteiger partial charge < -0.3 is 9.67 Å². The first-order chi connectivity index (χ1) is 10.1. The molecule has 0 aliphatic rings. The molecule has 2 aromatic rings. The lowest BCUT2D eigenvalue weighted by atomic mass is 10.2. The summed E-state index contributed by atoms with van der Waals surface area (Å²) in [6.07, 6.45) is 2.55. The Morgan fingerprint density at radius 3 is 3.05 bits per heavy atom. The summed E-state index contributed by atoms with van der Waals surface area (Å²) in [6.45, 7) is 5.76. The van der Waals surface area contributed by atoms with Crippen LogP contribution in [0.4, 0.5) is 0 Å². The molecule has 1 heterocycles. The topological polar surface area (TPSA) is 78.9 Å². The largest absolute Gasteiger partial charge is 0.481 e. The maximum absolute atomic E-state index is 10.8. The highest BCUT2D eigenvalue weighted by Crippen LogP contribution is 2.29. The summed E-state index contributed by atoms with van der Waals surface area (Å²) in [4.78, 5) is 15.3. The molecule has 2 rings (SSSR count). The van der Waals surface area contributed by atoms with Gasteiger partial charge in [-0.1, -0.05) is 17.8 Å². The van der Waals surface area contributed by atoms with Crippen LogP contribution in [0.25, 0.3) is 11.0 Å². The highest BCUT2D eigenvalue weighted by molar-refractivity contribution is 7.99. The van der Waals surface area contributed by atoms with Crippen LogP contribution in [0.2, 0.25) is 0 Å². The van der Waals surface area contributed by atoms with E-state index in [2.05, 4.69) is 17.6 Å². The number of benzene rings is 1. The molecule has 1 aromatic heterocycles. The molecular weight excluding hydrogens is 286 g/mol. The van der Waals surface area contributed by atoms with E-state index in [1.807, 2.05) is 17.6 Å². The number of aromatic nitrogens is 2. The van der Waals surface area contributed by atoms with E-state index in [4.69, 9.17) is 10.4 Å². The second kappa shape index (κ2) is 6.46. The van der Waals surface area contributed by atoms with Gasteiger partial charge in [-0.25, -0.2) is 4.98 Å². The smallest absolute Gasteiger partial charge is 0.313 e. The molecule has 0 radical (unpaired) electrons. The van der Waals surface area contributed by atoms with E-state index in [0.29, 0.717) is 10.7 Å². The van der Waals surface area contributed by atoms with Crippen LogP contribution in [0.3, 0.4) is 0 Å². The zero-order valence-corrected chi connectivity index (χ0v) is 12.4. The van der Waals surface area contributed by atoms with E-state index in [1.54, 1.807) is 18.2 Å². The van der Waals surface area contributed by atoms with Crippen LogP contribution >= 0.6 is 11.8 Å². The normalized spacial score (nSPS) is 12.0. The quantitative estimate of drug-likeness (QED) is 0.654. The number of hydrogen-bond acceptors (Lipinski definition) is 4. The number of nitriles is 1. The Hall–Kier alpha value is -2.26. The molecule has 1 aromatic carbocycles. The van der Waals surface area contributed by atoms with E-state index in [9.17, 15) is 4.79 Å². The lowest BCUT2D eigenvalue weighted by molar-refractivity contribution is -0.133. The Morgan fingerprint density at radius 2 is 2.43 bits per heavy atom. The van der Waals surface area contributed by atoms with Gasteiger partial charge in [0.25, 0.3) is 0 Å². The first-order valence-corrected chi connectivity index (χ1v) is 7.43. The van der Waals surface area contributed by atoms with Gasteiger partial charge in [0.05, 0.1) is 28.4 Å². The van der Waals surface area contributed by atoms with Gasteiger partial charge in [-0.15, -0.1) is 6.58 Å². The van der Waals surface area contributed by atoms with Crippen molar-refractivity contribution < 1.29 is 9.90 Å². The SMILES string of the molecule is C=CCC(C)n1c(SCC(=O)O)nc2ccc(C#N)cc21. The summed E-state index contributed by atoms with van der Waals surface area (Å²) in [6, 6.07) is 7.49. The van der Waals surface area contributed by atoms with Gasteiger partial charge in [-0.05, 0) is 31.5 Å². The molecule has 1 unspecified atom stereocenters. The molecular formula is C15H15N3O2S. The van der Waals surface area contributed by atoms with E-state index in [-0.39, 0.29) is 11.8 Å². The van der Waals surface area contributed by atoms with Gasteiger partial charge in [-0.2, -0.15) is 5.26 Å². The molecule has 0 spiro atoms. The van der Waals surface area contributed by atoms with Gasteiger partial charge in [0.1, 0.15) is 0 Å². The van der Waals surface area contributed by atoms with Crippen molar-refractivity contribution in [3.8, 4) is 6.07 Å². The molecule has 0 saturated carbocycles. The maximum atomic E-state index is 10.8. The van der Waals surface area contributed by atoms with Crippen LogP contribution in [0, 0.1) is 11.3 Å². The first kappa shape index (κ1) is 15.1. The fourth-order valence-corrected chi connectivity index (χ4v) is 2.97. The Kier molecular flexibility index (Phi) is 4.66. The first-order valence-electron chi connectivity index (χ1n) is 6.44. The average molecular weight is 301 g/mol. The number of carboxylic acid groups (broad SMARTS) is 1. The molecule has 21 heavy (non-hydrogen) atoms. The van der Waals surface area contributed by atoms with Crippen molar-refractivity contribution >= 4 is 28.8 Å². The van der Waals surface area contributed by atoms with Crippen LogP contribution in [0.1, 0.15) is 24.9 Å². The molecule has 1 N–H and O–H groups in total. The van der Waals surface area contributed by atoms with E-state index < -0.39 is 5.97 Å². The summed E-state index contributed by atoms with van der Waals surface area (Å²) < 4.78 is 1.98. The fraction of sp³-hybridized carbons (Fsp3) is 0.267. The molecule has 0 saturated heterocycles. The molecule has 1 atom stereocenters. The van der Waals surface area contributed by atoms with Crippen LogP contribution in [-0.4, -0.2) is 26.4 Å². The van der Waals surface area contributed by atoms with Crippen molar-refractivity contribution in [2.75, 3.05) is 5.75 Å². The lowest BCUT2D eigenvalue weighted by Crippen LogP contribution is -2.07. The van der Waals surface area contributed by atoms with Crippen molar-refractivity contribution in [2.24, 2.45) is 0 Å². The number of carbonyl (C=O) groups is 1. The zero-order chi connectivity index (χ0) is 15.4. The molecule has 0 aliphatic carbocycles. The zero-order valence-electron chi connectivity index (χ0n) is 11.6. The number of hydrogen-bond donors (Lipinski definition) is 1. The van der Waals surface area contributed by atoms with Gasteiger partial charge >= 0.3 is 5.97 Å². The number of carboxylic acids is 1. The van der Waals surface area contributed by atoms with Crippen molar-refractivity contribution in [1.29, 1.82) is 5.26 Å². The second-order valence-electron chi connectivity index (χ2n) is 4.64. The summed E-state index contributed by atoms with van der Waals surface area (Å²) in [7, 11) is 0. The molecule has 0 amide bonds. The van der Waals surface area contributed by atoms with Crippen molar-refractivity contribution in [3.05, 3.63) is 36.4 Å². The van der Waals surface area contributed by atoms with Crippen molar-refractivity contribution in [2.45, 2.75) is 24.5 Å². The van der Waals surface area contributed by atoms with Crippen LogP contribution in [0.5, 0.6) is 0 Å². The molecule has 5 nitrogen and oxygen atoms in total. The Morgan fingerprint density at radius 1 is 1.67 bits per heavy atom.